The van der Waals surface area contributed by atoms with E-state index in [-0.39, 0.29) is 5.56 Å². The summed E-state index contributed by atoms with van der Waals surface area (Å²) in [5, 5.41) is 3.43. The maximum atomic E-state index is 13.1. The predicted octanol–water partition coefficient (Wildman–Crippen LogP) is 2.79. The molecule has 0 unspecified atom stereocenters. The maximum absolute atomic E-state index is 13.1. The van der Waals surface area contributed by atoms with Gasteiger partial charge in [-0.1, -0.05) is 30.3 Å². The van der Waals surface area contributed by atoms with Crippen molar-refractivity contribution in [3.05, 3.63) is 53.3 Å². The summed E-state index contributed by atoms with van der Waals surface area (Å²) in [5.74, 6) is -0.605. The second-order valence-corrected chi connectivity index (χ2v) is 6.47. The minimum atomic E-state index is -4.64. The van der Waals surface area contributed by atoms with Crippen LogP contribution in [0.4, 0.5) is 13.2 Å². The fraction of sp³-hybridized carbons (Fsp3) is 0.444. The van der Waals surface area contributed by atoms with Crippen molar-refractivity contribution >= 4 is 5.91 Å². The molecule has 8 heteroatoms. The van der Waals surface area contributed by atoms with Crippen LogP contribution in [0.3, 0.4) is 0 Å². The summed E-state index contributed by atoms with van der Waals surface area (Å²) < 4.78 is 40.4. The normalized spacial score (nSPS) is 16.5. The van der Waals surface area contributed by atoms with E-state index in [0.717, 1.165) is 30.4 Å². The van der Waals surface area contributed by atoms with Gasteiger partial charge in [0.05, 0.1) is 5.56 Å². The van der Waals surface area contributed by atoms with Crippen molar-refractivity contribution in [1.82, 2.24) is 19.6 Å². The quantitative estimate of drug-likeness (QED) is 0.839. The minimum absolute atomic E-state index is 0.378. The van der Waals surface area contributed by atoms with Gasteiger partial charge in [0.15, 0.2) is 5.69 Å². The van der Waals surface area contributed by atoms with Gasteiger partial charge in [0.2, 0.25) is 0 Å². The third-order valence-corrected chi connectivity index (χ3v) is 4.45. The molecule has 0 N–H and O–H groups in total. The highest BCUT2D eigenvalue weighted by Crippen LogP contribution is 2.31. The summed E-state index contributed by atoms with van der Waals surface area (Å²) in [4.78, 5) is 16.4. The average Bonchev–Trinajstić information content (AvgIpc) is 2.85. The van der Waals surface area contributed by atoms with Crippen LogP contribution >= 0.6 is 0 Å². The minimum Gasteiger partial charge on any atom is -0.337 e. The second-order valence-electron chi connectivity index (χ2n) is 6.47. The van der Waals surface area contributed by atoms with Gasteiger partial charge in [-0.3, -0.25) is 14.4 Å². The molecule has 0 aliphatic carbocycles. The Morgan fingerprint density at radius 1 is 1.12 bits per heavy atom. The Morgan fingerprint density at radius 2 is 1.85 bits per heavy atom. The van der Waals surface area contributed by atoms with Crippen LogP contribution in [0, 0.1) is 0 Å². The molecule has 0 spiro atoms. The van der Waals surface area contributed by atoms with Crippen LogP contribution in [-0.2, 0) is 19.8 Å². The lowest BCUT2D eigenvalue weighted by atomic mass is 10.2. The lowest BCUT2D eigenvalue weighted by molar-refractivity contribution is -0.141. The molecule has 2 heterocycles. The Bertz CT molecular complexity index is 758. The molecule has 1 saturated heterocycles. The van der Waals surface area contributed by atoms with E-state index in [4.69, 9.17) is 0 Å². The van der Waals surface area contributed by atoms with E-state index in [1.54, 1.807) is 0 Å². The number of halogens is 3. The van der Waals surface area contributed by atoms with E-state index in [1.807, 2.05) is 30.3 Å². The van der Waals surface area contributed by atoms with Crippen LogP contribution in [0.1, 0.15) is 28.0 Å². The number of aryl methyl sites for hydroxylation is 1. The van der Waals surface area contributed by atoms with Crippen molar-refractivity contribution in [2.75, 3.05) is 26.2 Å². The van der Waals surface area contributed by atoms with Gasteiger partial charge in [0, 0.05) is 46.0 Å². The smallest absolute Gasteiger partial charge is 0.337 e. The molecule has 2 aromatic rings. The number of rotatable bonds is 3. The molecule has 1 aliphatic rings. The lowest BCUT2D eigenvalue weighted by Gasteiger charge is -2.22. The molecule has 0 atom stereocenters. The first kappa shape index (κ1) is 18.4. The SMILES string of the molecule is Cn1cc(C(=O)N2CCCN(Cc3ccccc3)CC2)c(C(F)(F)F)n1. The van der Waals surface area contributed by atoms with E-state index >= 15 is 0 Å². The van der Waals surface area contributed by atoms with Crippen molar-refractivity contribution < 1.29 is 18.0 Å². The Hall–Kier alpha value is -2.35. The molecular weight excluding hydrogens is 345 g/mol. The van der Waals surface area contributed by atoms with Gasteiger partial charge in [-0.2, -0.15) is 18.3 Å². The standard InChI is InChI=1S/C18H21F3N4O/c1-23-13-15(16(22-23)18(19,20)21)17(26)25-9-5-8-24(10-11-25)12-14-6-3-2-4-7-14/h2-4,6-7,13H,5,8-12H2,1H3. The summed E-state index contributed by atoms with van der Waals surface area (Å²) in [5.41, 5.74) is -0.314. The molecule has 140 valence electrons. The van der Waals surface area contributed by atoms with Crippen LogP contribution < -0.4 is 0 Å². The first-order chi connectivity index (χ1) is 12.3. The Balaban J connectivity index is 1.69. The topological polar surface area (TPSA) is 41.4 Å². The second kappa shape index (κ2) is 7.49. The monoisotopic (exact) mass is 366 g/mol. The summed E-state index contributed by atoms with van der Waals surface area (Å²) in [6.45, 7) is 3.04. The molecule has 0 saturated carbocycles. The van der Waals surface area contributed by atoms with E-state index in [1.165, 1.54) is 17.5 Å². The van der Waals surface area contributed by atoms with E-state index in [2.05, 4.69) is 10.00 Å². The third-order valence-electron chi connectivity index (χ3n) is 4.45. The zero-order chi connectivity index (χ0) is 18.7. The summed E-state index contributed by atoms with van der Waals surface area (Å²) in [6.07, 6.45) is -2.77. The van der Waals surface area contributed by atoms with Gasteiger partial charge in [0.1, 0.15) is 0 Å². The zero-order valence-electron chi connectivity index (χ0n) is 14.5. The highest BCUT2D eigenvalue weighted by molar-refractivity contribution is 5.95. The molecule has 0 radical (unpaired) electrons. The van der Waals surface area contributed by atoms with Crippen molar-refractivity contribution in [2.45, 2.75) is 19.1 Å². The number of hydrogen-bond donors (Lipinski definition) is 0. The third kappa shape index (κ3) is 4.24. The summed E-state index contributed by atoms with van der Waals surface area (Å²) in [6, 6.07) is 9.99. The fourth-order valence-corrected chi connectivity index (χ4v) is 3.20. The van der Waals surface area contributed by atoms with Gasteiger partial charge in [0.25, 0.3) is 5.91 Å². The molecular formula is C18H21F3N4O. The largest absolute Gasteiger partial charge is 0.435 e. The van der Waals surface area contributed by atoms with Crippen molar-refractivity contribution in [1.29, 1.82) is 0 Å². The average molecular weight is 366 g/mol. The van der Waals surface area contributed by atoms with Crippen LogP contribution in [0.15, 0.2) is 36.5 Å². The lowest BCUT2D eigenvalue weighted by Crippen LogP contribution is -2.35. The van der Waals surface area contributed by atoms with E-state index < -0.39 is 17.8 Å². The van der Waals surface area contributed by atoms with Gasteiger partial charge in [-0.15, -0.1) is 0 Å². The fourth-order valence-electron chi connectivity index (χ4n) is 3.20. The molecule has 1 aromatic heterocycles. The molecule has 3 rings (SSSR count). The number of hydrogen-bond acceptors (Lipinski definition) is 3. The van der Waals surface area contributed by atoms with Crippen LogP contribution in [0.25, 0.3) is 0 Å². The molecule has 1 fully saturated rings. The van der Waals surface area contributed by atoms with Crippen molar-refractivity contribution in [3.63, 3.8) is 0 Å². The molecule has 1 aliphatic heterocycles. The predicted molar refractivity (Wildman–Crippen MR) is 90.4 cm³/mol. The Labute approximate surface area is 150 Å². The van der Waals surface area contributed by atoms with Gasteiger partial charge >= 0.3 is 6.18 Å². The molecule has 5 nitrogen and oxygen atoms in total. The van der Waals surface area contributed by atoms with E-state index in [9.17, 15) is 18.0 Å². The number of alkyl halides is 3. The Morgan fingerprint density at radius 3 is 2.54 bits per heavy atom. The van der Waals surface area contributed by atoms with Crippen molar-refractivity contribution in [3.8, 4) is 0 Å². The number of aromatic nitrogens is 2. The van der Waals surface area contributed by atoms with Gasteiger partial charge in [-0.05, 0) is 12.0 Å². The van der Waals surface area contributed by atoms with E-state index in [0.29, 0.717) is 19.6 Å². The number of carbonyl (C=O) groups excluding carboxylic acids is 1. The zero-order valence-corrected chi connectivity index (χ0v) is 14.5. The van der Waals surface area contributed by atoms with Crippen LogP contribution in [0.2, 0.25) is 0 Å². The number of carbonyl (C=O) groups is 1. The van der Waals surface area contributed by atoms with Crippen molar-refractivity contribution in [2.24, 2.45) is 7.05 Å². The number of nitrogens with zero attached hydrogens (tertiary/aromatic N) is 4. The highest BCUT2D eigenvalue weighted by Gasteiger charge is 2.40. The van der Waals surface area contributed by atoms with Crippen LogP contribution in [0.5, 0.6) is 0 Å². The first-order valence-corrected chi connectivity index (χ1v) is 8.51. The number of amides is 1. The maximum Gasteiger partial charge on any atom is 0.435 e. The molecule has 1 aromatic carbocycles. The number of benzene rings is 1. The molecule has 1 amide bonds. The Kier molecular flexibility index (Phi) is 5.31. The molecule has 26 heavy (non-hydrogen) atoms. The van der Waals surface area contributed by atoms with Crippen LogP contribution in [-0.4, -0.2) is 51.7 Å². The molecule has 0 bridgehead atoms. The first-order valence-electron chi connectivity index (χ1n) is 8.51. The summed E-state index contributed by atoms with van der Waals surface area (Å²) in [7, 11) is 1.38. The van der Waals surface area contributed by atoms with Gasteiger partial charge in [-0.25, -0.2) is 0 Å². The van der Waals surface area contributed by atoms with Gasteiger partial charge < -0.3 is 4.90 Å². The summed E-state index contributed by atoms with van der Waals surface area (Å²) >= 11 is 0. The highest BCUT2D eigenvalue weighted by atomic mass is 19.4.